The number of rotatable bonds is 5. The smallest absolute Gasteiger partial charge is 0.442 e. The minimum atomic E-state index is -2.93. The van der Waals surface area contributed by atoms with E-state index in [2.05, 4.69) is 26.2 Å². The third kappa shape index (κ3) is 5.05. The average Bonchev–Trinajstić information content (AvgIpc) is 3.43. The first-order chi connectivity index (χ1) is 17.5. The van der Waals surface area contributed by atoms with Gasteiger partial charge in [-0.05, 0) is 48.7 Å². The number of morpholine rings is 1. The number of hydrogen-bond acceptors (Lipinski definition) is 9. The number of ether oxygens (including phenoxy) is 2. The first-order valence-electron chi connectivity index (χ1n) is 12.1. The number of nitrogens with zero attached hydrogens (tertiary/aromatic N) is 4. The van der Waals surface area contributed by atoms with Crippen LogP contribution < -0.4 is 15.8 Å². The molecule has 2 aromatic heterocycles. The van der Waals surface area contributed by atoms with Crippen molar-refractivity contribution < 1.29 is 18.5 Å². The van der Waals surface area contributed by atoms with Gasteiger partial charge in [-0.15, -0.1) is 4.36 Å². The highest BCUT2D eigenvalue weighted by atomic mass is 32.2. The van der Waals surface area contributed by atoms with Gasteiger partial charge < -0.3 is 14.4 Å². The third-order valence-electron chi connectivity index (χ3n) is 6.36. The van der Waals surface area contributed by atoms with E-state index < -0.39 is 15.8 Å². The van der Waals surface area contributed by atoms with Crippen molar-refractivity contribution in [1.29, 1.82) is 0 Å². The lowest BCUT2D eigenvalue weighted by Gasteiger charge is -2.29. The second-order valence-electron chi connectivity index (χ2n) is 8.75. The number of amides is 1. The van der Waals surface area contributed by atoms with E-state index in [4.69, 9.17) is 19.4 Å². The average molecular weight is 511 g/mol. The highest BCUT2D eigenvalue weighted by molar-refractivity contribution is 7.93. The Morgan fingerprint density at radius 3 is 2.72 bits per heavy atom. The topological polar surface area (TPSA) is 118 Å². The van der Waals surface area contributed by atoms with Gasteiger partial charge >= 0.3 is 6.09 Å². The number of carbonyl (C=O) groups is 1. The zero-order chi connectivity index (χ0) is 25.1. The number of benzene rings is 1. The second-order valence-corrected chi connectivity index (χ2v) is 11.0. The van der Waals surface area contributed by atoms with Gasteiger partial charge in [0, 0.05) is 42.4 Å². The molecule has 0 aliphatic carbocycles. The minimum Gasteiger partial charge on any atom is -0.448 e. The van der Waals surface area contributed by atoms with E-state index in [1.807, 2.05) is 24.4 Å². The summed E-state index contributed by atoms with van der Waals surface area (Å²) in [5.74, 6) is 0.877. The Hall–Kier alpha value is -3.12. The lowest BCUT2D eigenvalue weighted by molar-refractivity contribution is 0.122. The molecule has 1 amide bonds. The molecule has 0 bridgehead atoms. The molecule has 2 saturated heterocycles. The summed E-state index contributed by atoms with van der Waals surface area (Å²) in [7, 11) is -2.93. The maximum absolute atomic E-state index is 13.1. The van der Waals surface area contributed by atoms with Gasteiger partial charge in [0.1, 0.15) is 5.82 Å². The predicted octanol–water partition coefficient (Wildman–Crippen LogP) is 3.29. The molecule has 2 unspecified atom stereocenters. The third-order valence-corrected chi connectivity index (χ3v) is 8.01. The maximum atomic E-state index is 13.1. The van der Waals surface area contributed by atoms with Gasteiger partial charge in [-0.1, -0.05) is 12.1 Å². The largest absolute Gasteiger partial charge is 0.448 e. The molecule has 3 aromatic rings. The van der Waals surface area contributed by atoms with E-state index in [-0.39, 0.29) is 12.6 Å². The van der Waals surface area contributed by atoms with Crippen molar-refractivity contribution in [2.75, 3.05) is 50.6 Å². The van der Waals surface area contributed by atoms with Crippen molar-refractivity contribution in [1.82, 2.24) is 20.8 Å². The Morgan fingerprint density at radius 1 is 1.25 bits per heavy atom. The molecule has 2 aliphatic heterocycles. The summed E-state index contributed by atoms with van der Waals surface area (Å²) in [5, 5.41) is 0.993. The number of nitrogens with one attached hydrogen (secondary N) is 2. The van der Waals surface area contributed by atoms with Crippen molar-refractivity contribution in [3.8, 4) is 11.1 Å². The maximum Gasteiger partial charge on any atom is 0.442 e. The van der Waals surface area contributed by atoms with Crippen LogP contribution in [0, 0.1) is 0 Å². The zero-order valence-electron chi connectivity index (χ0n) is 20.4. The van der Waals surface area contributed by atoms with Crippen LogP contribution in [0.5, 0.6) is 0 Å². The molecule has 4 heterocycles. The molecule has 10 nitrogen and oxygen atoms in total. The Labute approximate surface area is 210 Å². The van der Waals surface area contributed by atoms with Crippen LogP contribution >= 0.6 is 0 Å². The zero-order valence-corrected chi connectivity index (χ0v) is 21.2. The lowest BCUT2D eigenvalue weighted by atomic mass is 9.99. The quantitative estimate of drug-likeness (QED) is 0.533. The standard InChI is InChI=1S/C25H30N6O4S/c1-3-35-25(32)30-36(2,33)18-6-4-17(5-7-18)20-16-22(31-12-14-34-15-13-31)28-23-19(20)8-10-26-24(23)21-9-11-27-29-21/h4-8,10,16,21,27,29H,3,9,11-15H2,1-2H3. The van der Waals surface area contributed by atoms with Gasteiger partial charge in [0.2, 0.25) is 0 Å². The summed E-state index contributed by atoms with van der Waals surface area (Å²) in [6, 6.07) is 11.5. The first-order valence-corrected chi connectivity index (χ1v) is 14.0. The van der Waals surface area contributed by atoms with Crippen LogP contribution in [-0.4, -0.2) is 66.0 Å². The highest BCUT2D eigenvalue weighted by Gasteiger charge is 2.23. The number of carbonyl (C=O) groups excluding carboxylic acids is 1. The van der Waals surface area contributed by atoms with E-state index in [1.165, 1.54) is 6.26 Å². The number of anilines is 1. The van der Waals surface area contributed by atoms with Crippen LogP contribution in [0.2, 0.25) is 0 Å². The predicted molar refractivity (Wildman–Crippen MR) is 138 cm³/mol. The molecular formula is C25H30N6O4S. The highest BCUT2D eigenvalue weighted by Crippen LogP contribution is 2.35. The Morgan fingerprint density at radius 2 is 2.03 bits per heavy atom. The molecule has 0 saturated carbocycles. The minimum absolute atomic E-state index is 0.0747. The van der Waals surface area contributed by atoms with Crippen LogP contribution in [-0.2, 0) is 19.2 Å². The molecule has 2 aliphatic rings. The van der Waals surface area contributed by atoms with Crippen LogP contribution in [0.15, 0.2) is 51.9 Å². The fraction of sp³-hybridized carbons (Fsp3) is 0.400. The van der Waals surface area contributed by atoms with E-state index in [9.17, 15) is 9.00 Å². The number of fused-ring (bicyclic) bond motifs is 1. The molecule has 1 aromatic carbocycles. The molecule has 2 N–H and O–H groups in total. The van der Waals surface area contributed by atoms with Crippen LogP contribution in [0.1, 0.15) is 25.1 Å². The summed E-state index contributed by atoms with van der Waals surface area (Å²) in [4.78, 5) is 24.3. The fourth-order valence-electron chi connectivity index (χ4n) is 4.53. The summed E-state index contributed by atoms with van der Waals surface area (Å²) in [6.07, 6.45) is 3.37. The molecular weight excluding hydrogens is 480 g/mol. The number of hydrogen-bond donors (Lipinski definition) is 2. The molecule has 5 rings (SSSR count). The molecule has 190 valence electrons. The van der Waals surface area contributed by atoms with Gasteiger partial charge in [0.15, 0.2) is 0 Å². The SMILES string of the molecule is CCOC(=O)N=S(C)(=O)c1ccc(-c2cc(N3CCOCC3)nc3c(C4CCNN4)nccc23)cc1. The normalized spacial score (nSPS) is 19.7. The van der Waals surface area contributed by atoms with Crippen LogP contribution in [0.3, 0.4) is 0 Å². The van der Waals surface area contributed by atoms with E-state index in [0.717, 1.165) is 59.6 Å². The van der Waals surface area contributed by atoms with Crippen molar-refractivity contribution in [2.45, 2.75) is 24.3 Å². The van der Waals surface area contributed by atoms with Crippen molar-refractivity contribution >= 4 is 32.5 Å². The number of pyridine rings is 2. The van der Waals surface area contributed by atoms with Gasteiger partial charge in [0.05, 0.1) is 46.8 Å². The van der Waals surface area contributed by atoms with E-state index in [0.29, 0.717) is 18.1 Å². The molecule has 36 heavy (non-hydrogen) atoms. The molecule has 2 fully saturated rings. The molecule has 0 spiro atoms. The van der Waals surface area contributed by atoms with Gasteiger partial charge in [-0.3, -0.25) is 10.4 Å². The lowest BCUT2D eigenvalue weighted by Crippen LogP contribution is -2.36. The Balaban J connectivity index is 1.61. The van der Waals surface area contributed by atoms with Gasteiger partial charge in [-0.25, -0.2) is 19.4 Å². The fourth-order valence-corrected chi connectivity index (χ4v) is 5.61. The molecule has 2 atom stereocenters. The van der Waals surface area contributed by atoms with Crippen molar-refractivity contribution in [3.05, 3.63) is 48.3 Å². The first kappa shape index (κ1) is 24.6. The van der Waals surface area contributed by atoms with Crippen LogP contribution in [0.25, 0.3) is 22.0 Å². The monoisotopic (exact) mass is 510 g/mol. The van der Waals surface area contributed by atoms with Gasteiger partial charge in [0.25, 0.3) is 0 Å². The van der Waals surface area contributed by atoms with E-state index >= 15 is 0 Å². The molecule has 0 radical (unpaired) electrons. The van der Waals surface area contributed by atoms with Crippen LogP contribution in [0.4, 0.5) is 10.6 Å². The second kappa shape index (κ2) is 10.5. The van der Waals surface area contributed by atoms with Crippen molar-refractivity contribution in [2.24, 2.45) is 4.36 Å². The Bertz CT molecular complexity index is 1380. The van der Waals surface area contributed by atoms with Gasteiger partial charge in [-0.2, -0.15) is 0 Å². The summed E-state index contributed by atoms with van der Waals surface area (Å²) in [5.41, 5.74) is 10.2. The molecule has 11 heteroatoms. The Kier molecular flexibility index (Phi) is 7.15. The number of aromatic nitrogens is 2. The van der Waals surface area contributed by atoms with E-state index in [1.54, 1.807) is 19.1 Å². The van der Waals surface area contributed by atoms with Crippen molar-refractivity contribution in [3.63, 3.8) is 0 Å². The summed E-state index contributed by atoms with van der Waals surface area (Å²) in [6.45, 7) is 5.59. The number of hydrazine groups is 1. The summed E-state index contributed by atoms with van der Waals surface area (Å²) >= 11 is 0. The summed E-state index contributed by atoms with van der Waals surface area (Å²) < 4.78 is 27.2.